The van der Waals surface area contributed by atoms with Crippen molar-refractivity contribution >= 4 is 23.5 Å². The first-order chi connectivity index (χ1) is 8.72. The molecule has 1 aromatic heterocycles. The molecule has 0 amide bonds. The van der Waals surface area contributed by atoms with E-state index in [0.29, 0.717) is 11.7 Å². The Labute approximate surface area is 109 Å². The number of anilines is 1. The van der Waals surface area contributed by atoms with Crippen molar-refractivity contribution in [1.82, 2.24) is 20.6 Å². The highest BCUT2D eigenvalue weighted by Gasteiger charge is 2.17. The molecule has 0 atom stereocenters. The quantitative estimate of drug-likeness (QED) is 0.248. The van der Waals surface area contributed by atoms with Crippen molar-refractivity contribution in [2.45, 2.75) is 12.1 Å². The van der Waals surface area contributed by atoms with Gasteiger partial charge >= 0.3 is 5.97 Å². The fraction of sp³-hybridized carbons (Fsp3) is 0.400. The lowest BCUT2D eigenvalue weighted by atomic mass is 10.4. The summed E-state index contributed by atoms with van der Waals surface area (Å²) < 4.78 is 4.87. The standard InChI is InChI=1S/C10H15N5O2S/c1-4-6-11-14-8-7(9(16)17-5-2)13-15-10(12-8)18-3/h4,11H,1,5-6H2,2-3H3,(H,12,14,15). The fourth-order valence-corrected chi connectivity index (χ4v) is 1.33. The first kappa shape index (κ1) is 14.4. The topological polar surface area (TPSA) is 89.0 Å². The monoisotopic (exact) mass is 269 g/mol. The molecule has 0 radical (unpaired) electrons. The Morgan fingerprint density at radius 2 is 2.33 bits per heavy atom. The number of esters is 1. The Kier molecular flexibility index (Phi) is 6.09. The molecular weight excluding hydrogens is 254 g/mol. The smallest absolute Gasteiger partial charge is 0.362 e. The molecule has 2 N–H and O–H groups in total. The van der Waals surface area contributed by atoms with Crippen molar-refractivity contribution in [3.63, 3.8) is 0 Å². The Hall–Kier alpha value is -1.67. The lowest BCUT2D eigenvalue weighted by Gasteiger charge is -2.09. The number of aromatic nitrogens is 3. The van der Waals surface area contributed by atoms with Crippen molar-refractivity contribution in [2.75, 3.05) is 24.8 Å². The van der Waals surface area contributed by atoms with E-state index < -0.39 is 5.97 Å². The van der Waals surface area contributed by atoms with Gasteiger partial charge in [0, 0.05) is 6.54 Å². The molecule has 0 aromatic carbocycles. The summed E-state index contributed by atoms with van der Waals surface area (Å²) in [4.78, 5) is 15.8. The highest BCUT2D eigenvalue weighted by molar-refractivity contribution is 7.98. The number of nitrogens with one attached hydrogen (secondary N) is 2. The predicted molar refractivity (Wildman–Crippen MR) is 69.4 cm³/mol. The van der Waals surface area contributed by atoms with Crippen molar-refractivity contribution in [3.05, 3.63) is 18.3 Å². The van der Waals surface area contributed by atoms with E-state index in [-0.39, 0.29) is 18.1 Å². The minimum atomic E-state index is -0.562. The number of carbonyl (C=O) groups is 1. The largest absolute Gasteiger partial charge is 0.461 e. The van der Waals surface area contributed by atoms with Gasteiger partial charge < -0.3 is 10.2 Å². The maximum absolute atomic E-state index is 11.6. The molecule has 8 heteroatoms. The van der Waals surface area contributed by atoms with Crippen LogP contribution in [0.4, 0.5) is 5.82 Å². The van der Waals surface area contributed by atoms with E-state index in [1.165, 1.54) is 11.8 Å². The van der Waals surface area contributed by atoms with E-state index in [0.717, 1.165) is 0 Å². The van der Waals surface area contributed by atoms with Crippen LogP contribution in [0, 0.1) is 0 Å². The van der Waals surface area contributed by atoms with E-state index in [1.54, 1.807) is 13.0 Å². The first-order valence-electron chi connectivity index (χ1n) is 5.28. The third-order valence-electron chi connectivity index (χ3n) is 1.77. The molecule has 1 aromatic rings. The molecule has 0 unspecified atom stereocenters. The summed E-state index contributed by atoms with van der Waals surface area (Å²) >= 11 is 1.33. The fourth-order valence-electron chi connectivity index (χ4n) is 1.03. The minimum absolute atomic E-state index is 0.0474. The average Bonchev–Trinajstić information content (AvgIpc) is 2.39. The number of carbonyl (C=O) groups excluding carboxylic acids is 1. The molecule has 98 valence electrons. The zero-order valence-electron chi connectivity index (χ0n) is 10.3. The van der Waals surface area contributed by atoms with Gasteiger partial charge in [-0.1, -0.05) is 17.8 Å². The maximum atomic E-state index is 11.6. The van der Waals surface area contributed by atoms with Crippen LogP contribution in [0.25, 0.3) is 0 Å². The first-order valence-corrected chi connectivity index (χ1v) is 6.51. The third kappa shape index (κ3) is 3.97. The van der Waals surface area contributed by atoms with Crippen LogP contribution in [0.5, 0.6) is 0 Å². The number of rotatable bonds is 7. The summed E-state index contributed by atoms with van der Waals surface area (Å²) in [6.45, 7) is 6.07. The van der Waals surface area contributed by atoms with E-state index in [4.69, 9.17) is 4.74 Å². The van der Waals surface area contributed by atoms with Gasteiger partial charge in [0.2, 0.25) is 10.9 Å². The second kappa shape index (κ2) is 7.62. The van der Waals surface area contributed by atoms with E-state index >= 15 is 0 Å². The molecule has 18 heavy (non-hydrogen) atoms. The van der Waals surface area contributed by atoms with Gasteiger partial charge in [0.05, 0.1) is 6.61 Å². The molecule has 1 rings (SSSR count). The molecule has 1 heterocycles. The number of hydrogen-bond acceptors (Lipinski definition) is 8. The Morgan fingerprint density at radius 1 is 1.56 bits per heavy atom. The summed E-state index contributed by atoms with van der Waals surface area (Å²) in [6, 6.07) is 0. The summed E-state index contributed by atoms with van der Waals surface area (Å²) in [6.07, 6.45) is 3.49. The molecule has 0 aliphatic rings. The molecule has 0 bridgehead atoms. The molecule has 0 saturated carbocycles. The molecule has 0 fully saturated rings. The van der Waals surface area contributed by atoms with Gasteiger partial charge in [-0.2, -0.15) is 4.98 Å². The number of ether oxygens (including phenoxy) is 1. The van der Waals surface area contributed by atoms with Crippen LogP contribution >= 0.6 is 11.8 Å². The van der Waals surface area contributed by atoms with Crippen LogP contribution in [0.2, 0.25) is 0 Å². The van der Waals surface area contributed by atoms with Crippen LogP contribution in [0.1, 0.15) is 17.4 Å². The third-order valence-corrected chi connectivity index (χ3v) is 2.31. The predicted octanol–water partition coefficient (Wildman–Crippen LogP) is 0.873. The Bertz CT molecular complexity index is 427. The van der Waals surface area contributed by atoms with Gasteiger partial charge in [-0.05, 0) is 13.2 Å². The van der Waals surface area contributed by atoms with Gasteiger partial charge in [-0.15, -0.1) is 16.8 Å². The van der Waals surface area contributed by atoms with Crippen LogP contribution < -0.4 is 10.9 Å². The maximum Gasteiger partial charge on any atom is 0.362 e. The summed E-state index contributed by atoms with van der Waals surface area (Å²) in [5.74, 6) is -0.275. The molecule has 0 spiro atoms. The van der Waals surface area contributed by atoms with Crippen LogP contribution in [0.3, 0.4) is 0 Å². The average molecular weight is 269 g/mol. The second-order valence-corrected chi connectivity index (χ2v) is 3.78. The number of hydrazine groups is 1. The van der Waals surface area contributed by atoms with Crippen molar-refractivity contribution < 1.29 is 9.53 Å². The van der Waals surface area contributed by atoms with Crippen LogP contribution in [0.15, 0.2) is 17.8 Å². The normalized spacial score (nSPS) is 9.89. The van der Waals surface area contributed by atoms with E-state index in [2.05, 4.69) is 32.6 Å². The van der Waals surface area contributed by atoms with Crippen molar-refractivity contribution in [2.24, 2.45) is 0 Å². The lowest BCUT2D eigenvalue weighted by molar-refractivity contribution is 0.0518. The van der Waals surface area contributed by atoms with Gasteiger partial charge in [0.15, 0.2) is 5.82 Å². The Morgan fingerprint density at radius 3 is 2.94 bits per heavy atom. The highest BCUT2D eigenvalue weighted by Crippen LogP contribution is 2.14. The van der Waals surface area contributed by atoms with Crippen molar-refractivity contribution in [3.8, 4) is 0 Å². The summed E-state index contributed by atoms with van der Waals surface area (Å²) in [7, 11) is 0. The molecular formula is C10H15N5O2S. The number of thioether (sulfide) groups is 1. The van der Waals surface area contributed by atoms with Gasteiger partial charge in [-0.3, -0.25) is 0 Å². The summed E-state index contributed by atoms with van der Waals surface area (Å²) in [5, 5.41) is 8.08. The van der Waals surface area contributed by atoms with Crippen molar-refractivity contribution in [1.29, 1.82) is 0 Å². The van der Waals surface area contributed by atoms with Gasteiger partial charge in [0.1, 0.15) is 0 Å². The Balaban J connectivity index is 2.92. The SMILES string of the molecule is C=CCNNc1nc(SC)nnc1C(=O)OCC. The van der Waals surface area contributed by atoms with E-state index in [1.807, 2.05) is 6.26 Å². The molecule has 0 aliphatic heterocycles. The van der Waals surface area contributed by atoms with Crippen LogP contribution in [-0.4, -0.2) is 40.6 Å². The zero-order chi connectivity index (χ0) is 13.4. The molecule has 0 saturated heterocycles. The summed E-state index contributed by atoms with van der Waals surface area (Å²) in [5.41, 5.74) is 5.65. The molecule has 7 nitrogen and oxygen atoms in total. The number of nitrogens with zero attached hydrogens (tertiary/aromatic N) is 3. The van der Waals surface area contributed by atoms with Gasteiger partial charge in [-0.25, -0.2) is 10.2 Å². The highest BCUT2D eigenvalue weighted by atomic mass is 32.2. The zero-order valence-corrected chi connectivity index (χ0v) is 11.1. The lowest BCUT2D eigenvalue weighted by Crippen LogP contribution is -2.25. The van der Waals surface area contributed by atoms with E-state index in [9.17, 15) is 4.79 Å². The second-order valence-electron chi connectivity index (χ2n) is 3.01. The molecule has 0 aliphatic carbocycles. The minimum Gasteiger partial charge on any atom is -0.461 e. The van der Waals surface area contributed by atoms with Gasteiger partial charge in [0.25, 0.3) is 0 Å². The van der Waals surface area contributed by atoms with Crippen LogP contribution in [-0.2, 0) is 4.74 Å². The number of hydrogen-bond donors (Lipinski definition) is 2.